The van der Waals surface area contributed by atoms with Crippen molar-refractivity contribution in [2.24, 2.45) is 0 Å². The number of carbonyl (C=O) groups excluding carboxylic acids is 2. The lowest BCUT2D eigenvalue weighted by atomic mass is 10.0. The van der Waals surface area contributed by atoms with E-state index in [4.69, 9.17) is 0 Å². The van der Waals surface area contributed by atoms with Crippen molar-refractivity contribution < 1.29 is 18.0 Å². The summed E-state index contributed by atoms with van der Waals surface area (Å²) in [6, 6.07) is 15.9. The van der Waals surface area contributed by atoms with Crippen molar-refractivity contribution in [1.29, 1.82) is 0 Å². The largest absolute Gasteiger partial charge is 0.326 e. The predicted octanol–water partition coefficient (Wildman–Crippen LogP) is 3.71. The van der Waals surface area contributed by atoms with Crippen LogP contribution in [0.1, 0.15) is 27.7 Å². The highest BCUT2D eigenvalue weighted by molar-refractivity contribution is 7.89. The number of fused-ring (bicyclic) bond motifs is 1. The minimum Gasteiger partial charge on any atom is -0.326 e. The molecule has 2 N–H and O–H groups in total. The van der Waals surface area contributed by atoms with Gasteiger partial charge in [-0.25, -0.2) is 8.42 Å². The minimum absolute atomic E-state index is 0.00685. The molecule has 0 atom stereocenters. The molecule has 7 nitrogen and oxygen atoms in total. The number of hydrogen-bond donors (Lipinski definition) is 2. The summed E-state index contributed by atoms with van der Waals surface area (Å²) < 4.78 is 28.1. The van der Waals surface area contributed by atoms with E-state index in [9.17, 15) is 18.0 Å². The van der Waals surface area contributed by atoms with Gasteiger partial charge in [-0.2, -0.15) is 4.31 Å². The van der Waals surface area contributed by atoms with Crippen LogP contribution in [0.3, 0.4) is 0 Å². The Labute approximate surface area is 184 Å². The normalized spacial score (nSPS) is 14.0. The van der Waals surface area contributed by atoms with Crippen molar-refractivity contribution in [3.63, 3.8) is 0 Å². The van der Waals surface area contributed by atoms with Crippen LogP contribution in [-0.4, -0.2) is 31.1 Å². The average molecular weight is 456 g/mol. The molecule has 0 bridgehead atoms. The fourth-order valence-electron chi connectivity index (χ4n) is 3.55. The van der Waals surface area contributed by atoms with Gasteiger partial charge in [0.1, 0.15) is 9.77 Å². The first kappa shape index (κ1) is 21.2. The lowest BCUT2D eigenvalue weighted by Gasteiger charge is -2.28. The first-order valence-electron chi connectivity index (χ1n) is 9.68. The van der Waals surface area contributed by atoms with Crippen LogP contribution in [-0.2, 0) is 27.8 Å². The van der Waals surface area contributed by atoms with Crippen molar-refractivity contribution in [2.75, 3.05) is 17.2 Å². The van der Waals surface area contributed by atoms with Crippen LogP contribution in [0.15, 0.2) is 64.9 Å². The van der Waals surface area contributed by atoms with Crippen LogP contribution in [0.25, 0.3) is 0 Å². The Hall–Kier alpha value is -3.01. The summed E-state index contributed by atoms with van der Waals surface area (Å²) in [5, 5.41) is 6.98. The third-order valence-corrected chi connectivity index (χ3v) is 7.92. The van der Waals surface area contributed by atoms with Crippen molar-refractivity contribution in [3.05, 3.63) is 76.0 Å². The molecular weight excluding hydrogens is 434 g/mol. The third kappa shape index (κ3) is 4.53. The fraction of sp³-hybridized carbons (Fsp3) is 0.182. The molecule has 9 heteroatoms. The summed E-state index contributed by atoms with van der Waals surface area (Å²) in [6.07, 6.45) is 0.636. The van der Waals surface area contributed by atoms with Gasteiger partial charge in [0.2, 0.25) is 15.9 Å². The maximum absolute atomic E-state index is 13.3. The Kier molecular flexibility index (Phi) is 5.90. The number of sulfonamides is 1. The molecule has 1 aromatic heterocycles. The zero-order valence-corrected chi connectivity index (χ0v) is 18.4. The Morgan fingerprint density at radius 3 is 2.42 bits per heavy atom. The first-order valence-corrected chi connectivity index (χ1v) is 12.0. The van der Waals surface area contributed by atoms with E-state index >= 15 is 0 Å². The van der Waals surface area contributed by atoms with E-state index in [1.165, 1.54) is 17.3 Å². The van der Waals surface area contributed by atoms with E-state index in [1.807, 2.05) is 24.3 Å². The monoisotopic (exact) mass is 455 g/mol. The lowest BCUT2D eigenvalue weighted by Crippen LogP contribution is -2.36. The van der Waals surface area contributed by atoms with E-state index in [0.29, 0.717) is 24.3 Å². The Bertz CT molecular complexity index is 1250. The van der Waals surface area contributed by atoms with Gasteiger partial charge >= 0.3 is 0 Å². The van der Waals surface area contributed by atoms with Crippen molar-refractivity contribution in [3.8, 4) is 0 Å². The fourth-order valence-corrected chi connectivity index (χ4v) is 6.26. The summed E-state index contributed by atoms with van der Waals surface area (Å²) in [4.78, 5) is 24.3. The Morgan fingerprint density at radius 1 is 0.968 bits per heavy atom. The number of carbonyl (C=O) groups is 2. The highest BCUT2D eigenvalue weighted by Crippen LogP contribution is 2.30. The number of anilines is 2. The second-order valence-electron chi connectivity index (χ2n) is 7.19. The molecule has 0 radical (unpaired) electrons. The molecule has 160 valence electrons. The highest BCUT2D eigenvalue weighted by atomic mass is 32.2. The van der Waals surface area contributed by atoms with E-state index in [2.05, 4.69) is 10.6 Å². The number of nitrogens with zero attached hydrogens (tertiary/aromatic N) is 1. The van der Waals surface area contributed by atoms with Gasteiger partial charge in [0.25, 0.3) is 5.91 Å². The van der Waals surface area contributed by atoms with Gasteiger partial charge in [-0.05, 0) is 47.2 Å². The number of thiophene rings is 1. The molecule has 1 aliphatic heterocycles. The molecule has 2 aromatic carbocycles. The molecule has 31 heavy (non-hydrogen) atoms. The number of hydrogen-bond acceptors (Lipinski definition) is 5. The summed E-state index contributed by atoms with van der Waals surface area (Å²) in [5.41, 5.74) is 3.13. The molecule has 0 unspecified atom stereocenters. The zero-order chi connectivity index (χ0) is 22.0. The SMILES string of the molecule is CC(=O)Nc1cccc(NC(=O)c2sccc2S(=O)(=O)N2CCc3ccccc3C2)c1. The lowest BCUT2D eigenvalue weighted by molar-refractivity contribution is -0.114. The van der Waals surface area contributed by atoms with Gasteiger partial charge in [0.05, 0.1) is 0 Å². The second-order valence-corrected chi connectivity index (χ2v) is 10.0. The maximum Gasteiger partial charge on any atom is 0.267 e. The number of nitrogens with one attached hydrogen (secondary N) is 2. The van der Waals surface area contributed by atoms with Crippen LogP contribution in [0, 0.1) is 0 Å². The van der Waals surface area contributed by atoms with Crippen molar-refractivity contribution in [1.82, 2.24) is 4.31 Å². The molecule has 0 spiro atoms. The van der Waals surface area contributed by atoms with Crippen LogP contribution in [0.5, 0.6) is 0 Å². The van der Waals surface area contributed by atoms with Gasteiger partial charge in [-0.1, -0.05) is 30.3 Å². The summed E-state index contributed by atoms with van der Waals surface area (Å²) in [7, 11) is -3.83. The molecule has 0 fully saturated rings. The Morgan fingerprint density at radius 2 is 1.68 bits per heavy atom. The molecule has 0 saturated carbocycles. The van der Waals surface area contributed by atoms with E-state index in [0.717, 1.165) is 22.5 Å². The van der Waals surface area contributed by atoms with Crippen LogP contribution in [0.4, 0.5) is 11.4 Å². The molecule has 2 heterocycles. The van der Waals surface area contributed by atoms with Gasteiger partial charge in [0, 0.05) is 31.4 Å². The van der Waals surface area contributed by atoms with Crippen molar-refractivity contribution in [2.45, 2.75) is 24.8 Å². The van der Waals surface area contributed by atoms with Crippen LogP contribution < -0.4 is 10.6 Å². The molecule has 3 aromatic rings. The molecule has 2 amide bonds. The average Bonchev–Trinajstić information content (AvgIpc) is 3.24. The first-order chi connectivity index (χ1) is 14.8. The van der Waals surface area contributed by atoms with Gasteiger partial charge in [-0.3, -0.25) is 9.59 Å². The Balaban J connectivity index is 1.56. The van der Waals surface area contributed by atoms with Crippen LogP contribution in [0.2, 0.25) is 0 Å². The number of rotatable bonds is 5. The van der Waals surface area contributed by atoms with Gasteiger partial charge < -0.3 is 10.6 Å². The number of benzene rings is 2. The predicted molar refractivity (Wildman–Crippen MR) is 121 cm³/mol. The standard InChI is InChI=1S/C22H21N3O4S2/c1-15(26)23-18-7-4-8-19(13-18)24-22(27)21-20(10-12-30-21)31(28,29)25-11-9-16-5-2-3-6-17(16)14-25/h2-8,10,12-13H,9,11,14H2,1H3,(H,23,26)(H,24,27). The summed E-state index contributed by atoms with van der Waals surface area (Å²) >= 11 is 1.08. The van der Waals surface area contributed by atoms with Gasteiger partial charge in [-0.15, -0.1) is 11.3 Å². The molecular formula is C22H21N3O4S2. The molecule has 0 saturated heterocycles. The second kappa shape index (κ2) is 8.62. The summed E-state index contributed by atoms with van der Waals surface area (Å²) in [5.74, 6) is -0.732. The molecule has 0 aliphatic carbocycles. The highest BCUT2D eigenvalue weighted by Gasteiger charge is 2.32. The third-order valence-electron chi connectivity index (χ3n) is 4.99. The molecule has 4 rings (SSSR count). The quantitative estimate of drug-likeness (QED) is 0.613. The smallest absolute Gasteiger partial charge is 0.267 e. The topological polar surface area (TPSA) is 95.6 Å². The van der Waals surface area contributed by atoms with E-state index in [-0.39, 0.29) is 22.2 Å². The van der Waals surface area contributed by atoms with E-state index in [1.54, 1.807) is 29.6 Å². The maximum atomic E-state index is 13.3. The number of amides is 2. The molecule has 1 aliphatic rings. The summed E-state index contributed by atoms with van der Waals surface area (Å²) in [6.45, 7) is 2.05. The zero-order valence-electron chi connectivity index (χ0n) is 16.8. The van der Waals surface area contributed by atoms with E-state index < -0.39 is 15.9 Å². The van der Waals surface area contributed by atoms with Crippen LogP contribution >= 0.6 is 11.3 Å². The minimum atomic E-state index is -3.83. The van der Waals surface area contributed by atoms with Gasteiger partial charge in [0.15, 0.2) is 0 Å². The van der Waals surface area contributed by atoms with Crippen molar-refractivity contribution >= 4 is 44.5 Å².